The van der Waals surface area contributed by atoms with Crippen LogP contribution in [-0.2, 0) is 19.1 Å². The standard InChI is InChI=1S/C22H21F2N3O5/c23-22(24)32-18-9-5-4-8-17(18)25-19(28)14-31-21(30)11-10-20(29)27-13-12-16(26-27)15-6-2-1-3-7-15/h1-9,22H,10-14H2,(H,25,28). The number of alkyl halides is 2. The Hall–Kier alpha value is -3.82. The summed E-state index contributed by atoms with van der Waals surface area (Å²) in [5.74, 6) is -2.01. The molecule has 0 aromatic heterocycles. The van der Waals surface area contributed by atoms with Crippen LogP contribution in [0.15, 0.2) is 59.7 Å². The minimum Gasteiger partial charge on any atom is -0.456 e. The summed E-state index contributed by atoms with van der Waals surface area (Å²) in [7, 11) is 0. The summed E-state index contributed by atoms with van der Waals surface area (Å²) < 4.78 is 34.0. The summed E-state index contributed by atoms with van der Waals surface area (Å²) in [4.78, 5) is 36.1. The molecule has 0 saturated carbocycles. The summed E-state index contributed by atoms with van der Waals surface area (Å²) in [5, 5.41) is 7.96. The Balaban J connectivity index is 1.41. The van der Waals surface area contributed by atoms with Crippen molar-refractivity contribution in [2.75, 3.05) is 18.5 Å². The Morgan fingerprint density at radius 2 is 1.75 bits per heavy atom. The van der Waals surface area contributed by atoms with Gasteiger partial charge in [-0.25, -0.2) is 5.01 Å². The van der Waals surface area contributed by atoms with Crippen molar-refractivity contribution in [2.45, 2.75) is 25.9 Å². The topological polar surface area (TPSA) is 97.3 Å². The number of rotatable bonds is 9. The number of ether oxygens (including phenoxy) is 2. The predicted molar refractivity (Wildman–Crippen MR) is 111 cm³/mol. The predicted octanol–water partition coefficient (Wildman–Crippen LogP) is 3.19. The minimum atomic E-state index is -3.05. The van der Waals surface area contributed by atoms with Crippen LogP contribution in [0.4, 0.5) is 14.5 Å². The Labute approximate surface area is 182 Å². The number of nitrogens with zero attached hydrogens (tertiary/aromatic N) is 2. The number of hydrogen-bond acceptors (Lipinski definition) is 6. The van der Waals surface area contributed by atoms with Gasteiger partial charge >= 0.3 is 12.6 Å². The van der Waals surface area contributed by atoms with Crippen molar-refractivity contribution in [3.8, 4) is 5.75 Å². The van der Waals surface area contributed by atoms with Crippen LogP contribution in [0.2, 0.25) is 0 Å². The highest BCUT2D eigenvalue weighted by Crippen LogP contribution is 2.25. The molecule has 0 fully saturated rings. The average molecular weight is 445 g/mol. The number of anilines is 1. The number of amides is 2. The first-order valence-corrected chi connectivity index (χ1v) is 9.85. The van der Waals surface area contributed by atoms with E-state index < -0.39 is 25.1 Å². The number of esters is 1. The number of benzene rings is 2. The highest BCUT2D eigenvalue weighted by atomic mass is 19.3. The monoisotopic (exact) mass is 445 g/mol. The second kappa shape index (κ2) is 11.0. The number of nitrogens with one attached hydrogen (secondary N) is 1. The highest BCUT2D eigenvalue weighted by Gasteiger charge is 2.22. The van der Waals surface area contributed by atoms with E-state index in [-0.39, 0.29) is 30.2 Å². The molecule has 1 aliphatic rings. The summed E-state index contributed by atoms with van der Waals surface area (Å²) >= 11 is 0. The fourth-order valence-corrected chi connectivity index (χ4v) is 2.98. The van der Waals surface area contributed by atoms with Crippen molar-refractivity contribution in [2.24, 2.45) is 5.10 Å². The van der Waals surface area contributed by atoms with Crippen LogP contribution >= 0.6 is 0 Å². The average Bonchev–Trinajstić information content (AvgIpc) is 3.28. The third kappa shape index (κ3) is 6.59. The van der Waals surface area contributed by atoms with Gasteiger partial charge < -0.3 is 14.8 Å². The van der Waals surface area contributed by atoms with Gasteiger partial charge in [0.1, 0.15) is 5.75 Å². The zero-order valence-electron chi connectivity index (χ0n) is 17.0. The molecule has 2 aromatic carbocycles. The van der Waals surface area contributed by atoms with E-state index in [0.717, 1.165) is 11.3 Å². The number of halogens is 2. The quantitative estimate of drug-likeness (QED) is 0.598. The Bertz CT molecular complexity index is 998. The molecule has 168 valence electrons. The maximum atomic E-state index is 12.4. The van der Waals surface area contributed by atoms with Gasteiger partial charge in [0, 0.05) is 12.8 Å². The van der Waals surface area contributed by atoms with Crippen LogP contribution in [0.3, 0.4) is 0 Å². The summed E-state index contributed by atoms with van der Waals surface area (Å²) in [6, 6.07) is 15.1. The molecular formula is C22H21F2N3O5. The van der Waals surface area contributed by atoms with Crippen molar-refractivity contribution in [3.05, 3.63) is 60.2 Å². The van der Waals surface area contributed by atoms with E-state index in [1.54, 1.807) is 0 Å². The van der Waals surface area contributed by atoms with Crippen molar-refractivity contribution < 1.29 is 32.6 Å². The van der Waals surface area contributed by atoms with Gasteiger partial charge in [0.15, 0.2) is 6.61 Å². The maximum absolute atomic E-state index is 12.4. The maximum Gasteiger partial charge on any atom is 0.387 e. The van der Waals surface area contributed by atoms with Crippen LogP contribution in [0.1, 0.15) is 24.8 Å². The zero-order chi connectivity index (χ0) is 22.9. The molecule has 0 saturated heterocycles. The first-order chi connectivity index (χ1) is 15.4. The molecule has 0 spiro atoms. The van der Waals surface area contributed by atoms with E-state index in [1.165, 1.54) is 29.3 Å². The molecule has 0 bridgehead atoms. The smallest absolute Gasteiger partial charge is 0.387 e. The van der Waals surface area contributed by atoms with Gasteiger partial charge in [-0.15, -0.1) is 0 Å². The number of carbonyl (C=O) groups excluding carboxylic acids is 3. The van der Waals surface area contributed by atoms with Crippen molar-refractivity contribution >= 4 is 29.2 Å². The van der Waals surface area contributed by atoms with Gasteiger partial charge in [-0.2, -0.15) is 13.9 Å². The van der Waals surface area contributed by atoms with Gasteiger partial charge in [-0.3, -0.25) is 14.4 Å². The number of hydrazone groups is 1. The molecule has 8 nitrogen and oxygen atoms in total. The molecule has 32 heavy (non-hydrogen) atoms. The minimum absolute atomic E-state index is 0.0187. The van der Waals surface area contributed by atoms with Crippen LogP contribution in [0.5, 0.6) is 5.75 Å². The van der Waals surface area contributed by atoms with E-state index >= 15 is 0 Å². The molecular weight excluding hydrogens is 424 g/mol. The largest absolute Gasteiger partial charge is 0.456 e. The normalized spacial score (nSPS) is 13.0. The number of hydrogen-bond donors (Lipinski definition) is 1. The molecule has 0 aliphatic carbocycles. The molecule has 1 N–H and O–H groups in total. The summed E-state index contributed by atoms with van der Waals surface area (Å²) in [6.45, 7) is -3.25. The molecule has 1 aliphatic heterocycles. The van der Waals surface area contributed by atoms with Gasteiger partial charge in [0.25, 0.3) is 5.91 Å². The molecule has 1 heterocycles. The number of para-hydroxylation sites is 2. The summed E-state index contributed by atoms with van der Waals surface area (Å²) in [6.07, 6.45) is 0.290. The van der Waals surface area contributed by atoms with Crippen LogP contribution in [-0.4, -0.2) is 48.3 Å². The molecule has 0 unspecified atom stereocenters. The SMILES string of the molecule is O=C(COC(=O)CCC(=O)N1CCC(c2ccccc2)=N1)Nc1ccccc1OC(F)F. The van der Waals surface area contributed by atoms with Crippen LogP contribution in [0, 0.1) is 0 Å². The van der Waals surface area contributed by atoms with Gasteiger partial charge in [-0.05, 0) is 17.7 Å². The Morgan fingerprint density at radius 3 is 2.50 bits per heavy atom. The fraction of sp³-hybridized carbons (Fsp3) is 0.273. The Morgan fingerprint density at radius 1 is 1.03 bits per heavy atom. The number of carbonyl (C=O) groups is 3. The van der Waals surface area contributed by atoms with E-state index in [0.29, 0.717) is 13.0 Å². The van der Waals surface area contributed by atoms with Gasteiger partial charge in [0.2, 0.25) is 5.91 Å². The first-order valence-electron chi connectivity index (χ1n) is 9.85. The molecule has 0 radical (unpaired) electrons. The molecule has 3 rings (SSSR count). The Kier molecular flexibility index (Phi) is 7.85. The van der Waals surface area contributed by atoms with Gasteiger partial charge in [-0.1, -0.05) is 42.5 Å². The lowest BCUT2D eigenvalue weighted by Gasteiger charge is -2.12. The fourth-order valence-electron chi connectivity index (χ4n) is 2.98. The van der Waals surface area contributed by atoms with Crippen LogP contribution in [0.25, 0.3) is 0 Å². The van der Waals surface area contributed by atoms with E-state index in [2.05, 4.69) is 15.2 Å². The molecule has 0 atom stereocenters. The van der Waals surface area contributed by atoms with Gasteiger partial charge in [0.05, 0.1) is 24.4 Å². The second-order valence-corrected chi connectivity index (χ2v) is 6.76. The molecule has 10 heteroatoms. The first kappa shape index (κ1) is 22.9. The van der Waals surface area contributed by atoms with E-state index in [4.69, 9.17) is 4.74 Å². The molecule has 2 aromatic rings. The lowest BCUT2D eigenvalue weighted by Crippen LogP contribution is -2.25. The lowest BCUT2D eigenvalue weighted by molar-refractivity contribution is -0.148. The van der Waals surface area contributed by atoms with Crippen molar-refractivity contribution in [3.63, 3.8) is 0 Å². The van der Waals surface area contributed by atoms with Crippen molar-refractivity contribution in [1.82, 2.24) is 5.01 Å². The molecule has 2 amide bonds. The van der Waals surface area contributed by atoms with E-state index in [9.17, 15) is 23.2 Å². The zero-order valence-corrected chi connectivity index (χ0v) is 17.0. The third-order valence-electron chi connectivity index (χ3n) is 4.48. The second-order valence-electron chi connectivity index (χ2n) is 6.76. The van der Waals surface area contributed by atoms with E-state index in [1.807, 2.05) is 30.3 Å². The van der Waals surface area contributed by atoms with Crippen LogP contribution < -0.4 is 10.1 Å². The van der Waals surface area contributed by atoms with Crippen molar-refractivity contribution in [1.29, 1.82) is 0 Å². The highest BCUT2D eigenvalue weighted by molar-refractivity contribution is 6.02. The third-order valence-corrected chi connectivity index (χ3v) is 4.48. The summed E-state index contributed by atoms with van der Waals surface area (Å²) in [5.41, 5.74) is 1.76. The lowest BCUT2D eigenvalue weighted by atomic mass is 10.1.